The lowest BCUT2D eigenvalue weighted by Crippen LogP contribution is -2.28. The van der Waals surface area contributed by atoms with Crippen molar-refractivity contribution in [2.45, 2.75) is 5.92 Å². The standard InChI is InChI=1S/C15H15BrN2O3/c16-14-2-1-13(21-14)15(20)18-7-11(9-19)12(8-18)10-3-5-17-6-4-10/h1-6,11-12,19H,7-9H2/t11-,12-/m0/s1. The molecule has 110 valence electrons. The summed E-state index contributed by atoms with van der Waals surface area (Å²) < 4.78 is 5.86. The lowest BCUT2D eigenvalue weighted by atomic mass is 9.90. The van der Waals surface area contributed by atoms with Crippen molar-refractivity contribution < 1.29 is 14.3 Å². The summed E-state index contributed by atoms with van der Waals surface area (Å²) in [6.45, 7) is 1.16. The van der Waals surface area contributed by atoms with Gasteiger partial charge < -0.3 is 14.4 Å². The van der Waals surface area contributed by atoms with Crippen LogP contribution in [-0.2, 0) is 0 Å². The fraction of sp³-hybridized carbons (Fsp3) is 0.333. The molecule has 6 heteroatoms. The maximum Gasteiger partial charge on any atom is 0.289 e. The van der Waals surface area contributed by atoms with Gasteiger partial charge in [0.15, 0.2) is 10.4 Å². The number of amides is 1. The van der Waals surface area contributed by atoms with E-state index in [-0.39, 0.29) is 24.3 Å². The van der Waals surface area contributed by atoms with Crippen LogP contribution < -0.4 is 0 Å². The minimum atomic E-state index is -0.143. The Balaban J connectivity index is 1.79. The van der Waals surface area contributed by atoms with E-state index in [0.717, 1.165) is 5.56 Å². The first-order valence-electron chi connectivity index (χ1n) is 6.74. The highest BCUT2D eigenvalue weighted by Crippen LogP contribution is 2.33. The van der Waals surface area contributed by atoms with Crippen LogP contribution in [-0.4, -0.2) is 40.6 Å². The third kappa shape index (κ3) is 2.87. The van der Waals surface area contributed by atoms with Crippen LogP contribution in [0.4, 0.5) is 0 Å². The van der Waals surface area contributed by atoms with Crippen LogP contribution in [0.2, 0.25) is 0 Å². The van der Waals surface area contributed by atoms with Crippen LogP contribution >= 0.6 is 15.9 Å². The van der Waals surface area contributed by atoms with Gasteiger partial charge in [-0.3, -0.25) is 9.78 Å². The van der Waals surface area contributed by atoms with E-state index in [0.29, 0.717) is 23.5 Å². The summed E-state index contributed by atoms with van der Waals surface area (Å²) >= 11 is 3.20. The molecule has 1 aliphatic rings. The normalized spacial score (nSPS) is 21.7. The van der Waals surface area contributed by atoms with Crippen LogP contribution in [0.3, 0.4) is 0 Å². The Hall–Kier alpha value is -1.66. The third-order valence-electron chi connectivity index (χ3n) is 3.88. The van der Waals surface area contributed by atoms with Crippen molar-refractivity contribution in [1.82, 2.24) is 9.88 Å². The fourth-order valence-electron chi connectivity index (χ4n) is 2.80. The first-order chi connectivity index (χ1) is 10.2. The van der Waals surface area contributed by atoms with Crippen LogP contribution in [0.1, 0.15) is 22.0 Å². The predicted octanol–water partition coefficient (Wildman–Crippen LogP) is 2.29. The maximum atomic E-state index is 12.4. The highest BCUT2D eigenvalue weighted by molar-refractivity contribution is 9.10. The number of rotatable bonds is 3. The molecule has 0 aromatic carbocycles. The molecule has 1 N–H and O–H groups in total. The molecule has 1 amide bonds. The minimum absolute atomic E-state index is 0.0368. The molecule has 2 aromatic rings. The van der Waals surface area contributed by atoms with Crippen molar-refractivity contribution in [3.05, 3.63) is 52.7 Å². The number of aliphatic hydroxyl groups is 1. The molecule has 0 saturated carbocycles. The highest BCUT2D eigenvalue weighted by atomic mass is 79.9. The molecule has 21 heavy (non-hydrogen) atoms. The number of furan rings is 1. The van der Waals surface area contributed by atoms with Crippen LogP contribution in [0, 0.1) is 5.92 Å². The van der Waals surface area contributed by atoms with E-state index >= 15 is 0 Å². The van der Waals surface area contributed by atoms with Crippen molar-refractivity contribution in [2.24, 2.45) is 5.92 Å². The molecule has 1 fully saturated rings. The average molecular weight is 351 g/mol. The van der Waals surface area contributed by atoms with Gasteiger partial charge in [-0.2, -0.15) is 0 Å². The van der Waals surface area contributed by atoms with E-state index in [2.05, 4.69) is 20.9 Å². The summed E-state index contributed by atoms with van der Waals surface area (Å²) in [5.74, 6) is 0.333. The van der Waals surface area contributed by atoms with E-state index in [9.17, 15) is 9.90 Å². The van der Waals surface area contributed by atoms with Gasteiger partial charge in [0.2, 0.25) is 0 Å². The monoisotopic (exact) mass is 350 g/mol. The largest absolute Gasteiger partial charge is 0.444 e. The van der Waals surface area contributed by atoms with Gasteiger partial charge >= 0.3 is 0 Å². The molecular formula is C15H15BrN2O3. The number of nitrogens with zero attached hydrogens (tertiary/aromatic N) is 2. The molecule has 2 aromatic heterocycles. The van der Waals surface area contributed by atoms with Crippen LogP contribution in [0.15, 0.2) is 45.7 Å². The van der Waals surface area contributed by atoms with Gasteiger partial charge in [0.05, 0.1) is 0 Å². The van der Waals surface area contributed by atoms with Gasteiger partial charge in [-0.15, -0.1) is 0 Å². The minimum Gasteiger partial charge on any atom is -0.444 e. The molecule has 0 bridgehead atoms. The summed E-state index contributed by atoms with van der Waals surface area (Å²) in [5, 5.41) is 9.59. The summed E-state index contributed by atoms with van der Waals surface area (Å²) in [7, 11) is 0. The lowest BCUT2D eigenvalue weighted by Gasteiger charge is -2.15. The van der Waals surface area contributed by atoms with Gasteiger partial charge in [0.25, 0.3) is 5.91 Å². The molecule has 0 spiro atoms. The predicted molar refractivity (Wildman–Crippen MR) is 79.9 cm³/mol. The summed E-state index contributed by atoms with van der Waals surface area (Å²) in [6, 6.07) is 7.23. The van der Waals surface area contributed by atoms with Gasteiger partial charge in [0.1, 0.15) is 0 Å². The highest BCUT2D eigenvalue weighted by Gasteiger charge is 2.36. The Bertz CT molecular complexity index is 629. The van der Waals surface area contributed by atoms with E-state index in [1.54, 1.807) is 29.4 Å². The number of pyridine rings is 1. The third-order valence-corrected chi connectivity index (χ3v) is 4.31. The van der Waals surface area contributed by atoms with Gasteiger partial charge in [-0.05, 0) is 45.8 Å². The number of aliphatic hydroxyl groups excluding tert-OH is 1. The fourth-order valence-corrected chi connectivity index (χ4v) is 3.10. The van der Waals surface area contributed by atoms with Crippen LogP contribution in [0.5, 0.6) is 0 Å². The summed E-state index contributed by atoms with van der Waals surface area (Å²) in [5.41, 5.74) is 1.10. The van der Waals surface area contributed by atoms with Crippen LogP contribution in [0.25, 0.3) is 0 Å². The van der Waals surface area contributed by atoms with Crippen molar-refractivity contribution in [2.75, 3.05) is 19.7 Å². The number of likely N-dealkylation sites (tertiary alicyclic amines) is 1. The summed E-state index contributed by atoms with van der Waals surface area (Å²) in [4.78, 5) is 18.2. The van der Waals surface area contributed by atoms with E-state index in [4.69, 9.17) is 4.42 Å². The topological polar surface area (TPSA) is 66.6 Å². The number of carbonyl (C=O) groups is 1. The Morgan fingerprint density at radius 3 is 2.71 bits per heavy atom. The average Bonchev–Trinajstić information content (AvgIpc) is 3.13. The molecule has 1 aliphatic heterocycles. The number of aromatic nitrogens is 1. The second kappa shape index (κ2) is 5.99. The molecule has 0 radical (unpaired) electrons. The number of hydrogen-bond donors (Lipinski definition) is 1. The first-order valence-corrected chi connectivity index (χ1v) is 7.53. The van der Waals surface area contributed by atoms with Crippen molar-refractivity contribution in [3.63, 3.8) is 0 Å². The Kier molecular flexibility index (Phi) is 4.07. The van der Waals surface area contributed by atoms with E-state index in [1.807, 2.05) is 12.1 Å². The number of hydrogen-bond acceptors (Lipinski definition) is 4. The molecular weight excluding hydrogens is 336 g/mol. The van der Waals surface area contributed by atoms with Gasteiger partial charge in [-0.1, -0.05) is 0 Å². The Morgan fingerprint density at radius 1 is 1.33 bits per heavy atom. The maximum absolute atomic E-state index is 12.4. The Labute approximate surface area is 130 Å². The first kappa shape index (κ1) is 14.3. The zero-order chi connectivity index (χ0) is 14.8. The SMILES string of the molecule is O=C(c1ccc(Br)o1)N1C[C@@H](CO)[C@H](c2ccncc2)C1. The molecule has 3 heterocycles. The quantitative estimate of drug-likeness (QED) is 0.922. The molecule has 0 unspecified atom stereocenters. The zero-order valence-corrected chi connectivity index (χ0v) is 12.9. The molecule has 5 nitrogen and oxygen atoms in total. The van der Waals surface area contributed by atoms with Crippen molar-refractivity contribution in [3.8, 4) is 0 Å². The van der Waals surface area contributed by atoms with Gasteiger partial charge in [-0.25, -0.2) is 0 Å². The van der Waals surface area contributed by atoms with Crippen molar-refractivity contribution in [1.29, 1.82) is 0 Å². The second-order valence-corrected chi connectivity index (χ2v) is 5.93. The summed E-state index contributed by atoms with van der Waals surface area (Å²) in [6.07, 6.45) is 3.47. The number of carbonyl (C=O) groups excluding carboxylic acids is 1. The number of halogens is 1. The lowest BCUT2D eigenvalue weighted by molar-refractivity contribution is 0.0748. The van der Waals surface area contributed by atoms with Crippen molar-refractivity contribution >= 4 is 21.8 Å². The molecule has 3 rings (SSSR count). The smallest absolute Gasteiger partial charge is 0.289 e. The second-order valence-electron chi connectivity index (χ2n) is 5.14. The zero-order valence-electron chi connectivity index (χ0n) is 11.3. The molecule has 0 aliphatic carbocycles. The van der Waals surface area contributed by atoms with Gasteiger partial charge in [0, 0.05) is 43.9 Å². The molecule has 1 saturated heterocycles. The van der Waals surface area contributed by atoms with E-state index < -0.39 is 0 Å². The molecule has 2 atom stereocenters. The Morgan fingerprint density at radius 2 is 2.10 bits per heavy atom. The van der Waals surface area contributed by atoms with E-state index in [1.165, 1.54) is 0 Å².